The molecule has 0 unspecified atom stereocenters. The molecule has 0 bridgehead atoms. The van der Waals surface area contributed by atoms with Crippen molar-refractivity contribution in [1.29, 1.82) is 0 Å². The first-order chi connectivity index (χ1) is 13.6. The number of hydrogen-bond acceptors (Lipinski definition) is 3. The Balaban J connectivity index is 1.61. The van der Waals surface area contributed by atoms with Crippen molar-refractivity contribution in [3.63, 3.8) is 0 Å². The lowest BCUT2D eigenvalue weighted by atomic mass is 9.98. The van der Waals surface area contributed by atoms with Crippen LogP contribution in [0.2, 0.25) is 0 Å². The minimum absolute atomic E-state index is 0.0472. The van der Waals surface area contributed by atoms with Crippen molar-refractivity contribution >= 4 is 12.1 Å². The van der Waals surface area contributed by atoms with E-state index in [4.69, 9.17) is 4.74 Å². The van der Waals surface area contributed by atoms with Gasteiger partial charge in [0.25, 0.3) is 0 Å². The highest BCUT2D eigenvalue weighted by atomic mass is 16.5. The van der Waals surface area contributed by atoms with Gasteiger partial charge in [0.15, 0.2) is 0 Å². The van der Waals surface area contributed by atoms with Crippen LogP contribution in [0.4, 0.5) is 4.79 Å². The zero-order chi connectivity index (χ0) is 19.9. The van der Waals surface area contributed by atoms with E-state index < -0.39 is 18.1 Å². The van der Waals surface area contributed by atoms with Gasteiger partial charge in [-0.1, -0.05) is 61.0 Å². The number of carboxylic acid groups (broad SMARTS) is 1. The Morgan fingerprint density at radius 3 is 2.25 bits per heavy atom. The first-order valence-electron chi connectivity index (χ1n) is 9.57. The molecule has 0 aliphatic heterocycles. The second-order valence-electron chi connectivity index (χ2n) is 6.93. The summed E-state index contributed by atoms with van der Waals surface area (Å²) >= 11 is 0. The summed E-state index contributed by atoms with van der Waals surface area (Å²) in [6.45, 7) is 3.82. The van der Waals surface area contributed by atoms with Gasteiger partial charge in [-0.05, 0) is 41.5 Å². The van der Waals surface area contributed by atoms with Crippen LogP contribution in [0.3, 0.4) is 0 Å². The summed E-state index contributed by atoms with van der Waals surface area (Å²) in [4.78, 5) is 23.6. The summed E-state index contributed by atoms with van der Waals surface area (Å²) < 4.78 is 5.42. The lowest BCUT2D eigenvalue weighted by Crippen LogP contribution is -2.41. The standard InChI is InChI=1S/C23H25NO4/c1-2-3-4-5-14-21(22(25)26)24-23(27)28-15-20-18-12-8-6-10-16(18)17-11-7-9-13-19(17)20/h2,6-13,20-21H,1,3-5,14-15H2,(H,24,27)(H,25,26)/t21-/m0/s1. The predicted molar refractivity (Wildman–Crippen MR) is 108 cm³/mol. The third-order valence-electron chi connectivity index (χ3n) is 5.08. The highest BCUT2D eigenvalue weighted by Crippen LogP contribution is 2.44. The lowest BCUT2D eigenvalue weighted by molar-refractivity contribution is -0.139. The van der Waals surface area contributed by atoms with Crippen molar-refractivity contribution in [2.45, 2.75) is 37.6 Å². The number of nitrogens with one attached hydrogen (secondary N) is 1. The minimum Gasteiger partial charge on any atom is -0.480 e. The molecule has 0 radical (unpaired) electrons. The van der Waals surface area contributed by atoms with Crippen molar-refractivity contribution in [1.82, 2.24) is 5.32 Å². The Kier molecular flexibility index (Phi) is 6.48. The fourth-order valence-corrected chi connectivity index (χ4v) is 3.68. The Morgan fingerprint density at radius 2 is 1.68 bits per heavy atom. The summed E-state index contributed by atoms with van der Waals surface area (Å²) in [6, 6.07) is 15.2. The fourth-order valence-electron chi connectivity index (χ4n) is 3.68. The molecular formula is C23H25NO4. The van der Waals surface area contributed by atoms with E-state index in [1.807, 2.05) is 36.4 Å². The van der Waals surface area contributed by atoms with Crippen LogP contribution in [0, 0.1) is 0 Å². The van der Waals surface area contributed by atoms with Crippen LogP contribution >= 0.6 is 0 Å². The maximum absolute atomic E-state index is 12.2. The van der Waals surface area contributed by atoms with Gasteiger partial charge in [-0.3, -0.25) is 0 Å². The number of carbonyl (C=O) groups is 2. The Bertz CT molecular complexity index is 816. The Hall–Kier alpha value is -3.08. The summed E-state index contributed by atoms with van der Waals surface area (Å²) in [7, 11) is 0. The molecule has 1 atom stereocenters. The van der Waals surface area contributed by atoms with Crippen molar-refractivity contribution in [2.24, 2.45) is 0 Å². The predicted octanol–water partition coefficient (Wildman–Crippen LogP) is 4.72. The smallest absolute Gasteiger partial charge is 0.407 e. The van der Waals surface area contributed by atoms with Crippen LogP contribution < -0.4 is 5.32 Å². The molecule has 1 aliphatic carbocycles. The molecule has 146 valence electrons. The molecule has 0 heterocycles. The van der Waals surface area contributed by atoms with Crippen molar-refractivity contribution in [3.8, 4) is 11.1 Å². The molecule has 5 nitrogen and oxygen atoms in total. The number of rotatable bonds is 9. The number of hydrogen-bond donors (Lipinski definition) is 2. The third kappa shape index (κ3) is 4.42. The average molecular weight is 379 g/mol. The number of aliphatic carboxylic acids is 1. The number of alkyl carbamates (subject to hydrolysis) is 1. The number of ether oxygens (including phenoxy) is 1. The number of benzene rings is 2. The molecule has 5 heteroatoms. The van der Waals surface area contributed by atoms with Crippen LogP contribution in [0.15, 0.2) is 61.2 Å². The van der Waals surface area contributed by atoms with Crippen molar-refractivity contribution < 1.29 is 19.4 Å². The van der Waals surface area contributed by atoms with Crippen LogP contribution in [-0.2, 0) is 9.53 Å². The average Bonchev–Trinajstić information content (AvgIpc) is 3.02. The lowest BCUT2D eigenvalue weighted by Gasteiger charge is -2.17. The van der Waals surface area contributed by atoms with Gasteiger partial charge >= 0.3 is 12.1 Å². The van der Waals surface area contributed by atoms with Crippen LogP contribution in [0.1, 0.15) is 42.7 Å². The first-order valence-corrected chi connectivity index (χ1v) is 9.57. The highest BCUT2D eigenvalue weighted by Gasteiger charge is 2.29. The molecule has 1 aliphatic rings. The van der Waals surface area contributed by atoms with E-state index in [-0.39, 0.29) is 12.5 Å². The number of carboxylic acids is 1. The van der Waals surface area contributed by atoms with E-state index in [9.17, 15) is 14.7 Å². The van der Waals surface area contributed by atoms with Gasteiger partial charge in [0.2, 0.25) is 0 Å². The molecule has 3 rings (SSSR count). The van der Waals surface area contributed by atoms with E-state index in [1.165, 1.54) is 0 Å². The van der Waals surface area contributed by atoms with E-state index in [0.717, 1.165) is 35.1 Å². The SMILES string of the molecule is C=CCCCC[C@H](NC(=O)OCC1c2ccccc2-c2ccccc21)C(=O)O. The Labute approximate surface area is 165 Å². The summed E-state index contributed by atoms with van der Waals surface area (Å²) in [6.07, 6.45) is 3.85. The number of fused-ring (bicyclic) bond motifs is 3. The molecule has 0 spiro atoms. The monoisotopic (exact) mass is 379 g/mol. The second kappa shape index (κ2) is 9.22. The van der Waals surface area contributed by atoms with E-state index >= 15 is 0 Å². The molecule has 2 N–H and O–H groups in total. The van der Waals surface area contributed by atoms with Gasteiger partial charge in [0.05, 0.1) is 0 Å². The fraction of sp³-hybridized carbons (Fsp3) is 0.304. The number of allylic oxidation sites excluding steroid dienone is 1. The van der Waals surface area contributed by atoms with E-state index in [1.54, 1.807) is 6.08 Å². The molecule has 0 saturated heterocycles. The third-order valence-corrected chi connectivity index (χ3v) is 5.08. The van der Waals surface area contributed by atoms with Gasteiger partial charge in [-0.25, -0.2) is 9.59 Å². The highest BCUT2D eigenvalue weighted by molar-refractivity contribution is 5.81. The zero-order valence-electron chi connectivity index (χ0n) is 15.8. The van der Waals surface area contributed by atoms with Crippen LogP contribution in [-0.4, -0.2) is 29.8 Å². The van der Waals surface area contributed by atoms with E-state index in [0.29, 0.717) is 12.8 Å². The summed E-state index contributed by atoms with van der Waals surface area (Å²) in [5.74, 6) is -1.10. The molecule has 0 saturated carbocycles. The second-order valence-corrected chi connectivity index (χ2v) is 6.93. The van der Waals surface area contributed by atoms with Gasteiger partial charge in [0.1, 0.15) is 12.6 Å². The molecule has 28 heavy (non-hydrogen) atoms. The number of amides is 1. The molecule has 0 aromatic heterocycles. The molecule has 2 aromatic rings. The summed E-state index contributed by atoms with van der Waals surface area (Å²) in [5.41, 5.74) is 4.54. The largest absolute Gasteiger partial charge is 0.480 e. The van der Waals surface area contributed by atoms with Gasteiger partial charge < -0.3 is 15.2 Å². The molecule has 0 fully saturated rings. The number of unbranched alkanes of at least 4 members (excludes halogenated alkanes) is 2. The first kappa shape index (κ1) is 19.7. The van der Waals surface area contributed by atoms with Crippen molar-refractivity contribution in [3.05, 3.63) is 72.3 Å². The molecule has 1 amide bonds. The van der Waals surface area contributed by atoms with Crippen LogP contribution in [0.5, 0.6) is 0 Å². The topological polar surface area (TPSA) is 75.6 Å². The van der Waals surface area contributed by atoms with Gasteiger partial charge in [-0.15, -0.1) is 6.58 Å². The number of carbonyl (C=O) groups excluding carboxylic acids is 1. The van der Waals surface area contributed by atoms with E-state index in [2.05, 4.69) is 24.0 Å². The maximum Gasteiger partial charge on any atom is 0.407 e. The normalized spacial score (nSPS) is 13.3. The molecule has 2 aromatic carbocycles. The van der Waals surface area contributed by atoms with Gasteiger partial charge in [0, 0.05) is 5.92 Å². The van der Waals surface area contributed by atoms with Gasteiger partial charge in [-0.2, -0.15) is 0 Å². The van der Waals surface area contributed by atoms with Crippen molar-refractivity contribution in [2.75, 3.05) is 6.61 Å². The molecular weight excluding hydrogens is 354 g/mol. The summed E-state index contributed by atoms with van der Waals surface area (Å²) in [5, 5.41) is 11.8. The minimum atomic E-state index is -1.05. The quantitative estimate of drug-likeness (QED) is 0.488. The van der Waals surface area contributed by atoms with Crippen LogP contribution in [0.25, 0.3) is 11.1 Å². The maximum atomic E-state index is 12.2. The zero-order valence-corrected chi connectivity index (χ0v) is 15.8. The Morgan fingerprint density at radius 1 is 1.07 bits per heavy atom.